The van der Waals surface area contributed by atoms with Crippen molar-refractivity contribution in [3.63, 3.8) is 0 Å². The van der Waals surface area contributed by atoms with Crippen LogP contribution in [0.4, 0.5) is 4.39 Å². The molecule has 21 heavy (non-hydrogen) atoms. The maximum absolute atomic E-state index is 13.1. The number of hydrogen-bond donors (Lipinski definition) is 0. The summed E-state index contributed by atoms with van der Waals surface area (Å²) in [5, 5.41) is 0. The Morgan fingerprint density at radius 1 is 1.14 bits per heavy atom. The fourth-order valence-electron chi connectivity index (χ4n) is 2.23. The van der Waals surface area contributed by atoms with Crippen LogP contribution < -0.4 is 0 Å². The summed E-state index contributed by atoms with van der Waals surface area (Å²) in [7, 11) is 0. The Hall–Kier alpha value is -1.91. The molecule has 0 amide bonds. The molecule has 116 valence electrons. The van der Waals surface area contributed by atoms with E-state index in [0.717, 1.165) is 5.56 Å². The number of halogens is 1. The van der Waals surface area contributed by atoms with Crippen molar-refractivity contribution in [3.05, 3.63) is 35.4 Å². The van der Waals surface area contributed by atoms with Crippen molar-refractivity contribution >= 4 is 11.9 Å². The molecule has 0 aromatic heterocycles. The quantitative estimate of drug-likeness (QED) is 0.573. The van der Waals surface area contributed by atoms with Gasteiger partial charge < -0.3 is 9.47 Å². The summed E-state index contributed by atoms with van der Waals surface area (Å²) >= 11 is 0. The molecular formula is C16H21FO4. The van der Waals surface area contributed by atoms with E-state index < -0.39 is 24.0 Å². The average Bonchev–Trinajstić information content (AvgIpc) is 2.45. The van der Waals surface area contributed by atoms with Crippen LogP contribution in [0.1, 0.15) is 31.4 Å². The van der Waals surface area contributed by atoms with Gasteiger partial charge in [0.05, 0.1) is 19.9 Å². The first-order valence-electron chi connectivity index (χ1n) is 7.00. The second-order valence-corrected chi connectivity index (χ2v) is 4.65. The molecule has 1 aromatic carbocycles. The topological polar surface area (TPSA) is 52.6 Å². The molecule has 0 aliphatic heterocycles. The van der Waals surface area contributed by atoms with E-state index in [1.165, 1.54) is 0 Å². The van der Waals surface area contributed by atoms with Crippen LogP contribution in [0.25, 0.3) is 0 Å². The lowest BCUT2D eigenvalue weighted by molar-refractivity contribution is -0.165. The summed E-state index contributed by atoms with van der Waals surface area (Å²) in [5.74, 6) is -1.54. The smallest absolute Gasteiger partial charge is 0.328 e. The molecule has 0 atom stereocenters. The summed E-state index contributed by atoms with van der Waals surface area (Å²) in [4.78, 5) is 24.8. The lowest BCUT2D eigenvalue weighted by Crippen LogP contribution is -2.46. The van der Waals surface area contributed by atoms with Gasteiger partial charge in [0.15, 0.2) is 5.41 Å². The van der Waals surface area contributed by atoms with Crippen LogP contribution in [-0.4, -0.2) is 31.8 Å². The van der Waals surface area contributed by atoms with Crippen LogP contribution in [0, 0.1) is 6.92 Å². The first kappa shape index (κ1) is 17.1. The standard InChI is InChI=1S/C16H21FO4/c1-4-20-14(18)16(9-10-17,15(19)21-5-2)13-8-6-7-12(3)11-13/h6-8,11H,4-5,9-10H2,1-3H3. The van der Waals surface area contributed by atoms with Crippen molar-refractivity contribution in [3.8, 4) is 0 Å². The number of carbonyl (C=O) groups is 2. The lowest BCUT2D eigenvalue weighted by atomic mass is 9.77. The summed E-state index contributed by atoms with van der Waals surface area (Å²) in [6, 6.07) is 6.86. The van der Waals surface area contributed by atoms with Gasteiger partial charge in [0, 0.05) is 6.42 Å². The van der Waals surface area contributed by atoms with Crippen molar-refractivity contribution in [2.75, 3.05) is 19.9 Å². The van der Waals surface area contributed by atoms with Crippen molar-refractivity contribution in [1.82, 2.24) is 0 Å². The molecule has 0 unspecified atom stereocenters. The van der Waals surface area contributed by atoms with Gasteiger partial charge in [0.25, 0.3) is 0 Å². The van der Waals surface area contributed by atoms with Crippen molar-refractivity contribution in [2.24, 2.45) is 0 Å². The van der Waals surface area contributed by atoms with Crippen LogP contribution in [0.15, 0.2) is 24.3 Å². The SMILES string of the molecule is CCOC(=O)C(CCF)(C(=O)OCC)c1cccc(C)c1. The number of ether oxygens (including phenoxy) is 2. The molecule has 0 saturated carbocycles. The van der Waals surface area contributed by atoms with E-state index in [0.29, 0.717) is 5.56 Å². The number of alkyl halides is 1. The minimum Gasteiger partial charge on any atom is -0.465 e. The van der Waals surface area contributed by atoms with E-state index >= 15 is 0 Å². The molecule has 0 radical (unpaired) electrons. The first-order chi connectivity index (χ1) is 10.0. The molecule has 0 saturated heterocycles. The van der Waals surface area contributed by atoms with Crippen LogP contribution in [0.2, 0.25) is 0 Å². The van der Waals surface area contributed by atoms with E-state index in [4.69, 9.17) is 9.47 Å². The van der Waals surface area contributed by atoms with Crippen molar-refractivity contribution in [2.45, 2.75) is 32.6 Å². The second-order valence-electron chi connectivity index (χ2n) is 4.65. The van der Waals surface area contributed by atoms with Gasteiger partial charge in [0.1, 0.15) is 0 Å². The highest BCUT2D eigenvalue weighted by Crippen LogP contribution is 2.32. The fraction of sp³-hybridized carbons (Fsp3) is 0.500. The number of carbonyl (C=O) groups excluding carboxylic acids is 2. The van der Waals surface area contributed by atoms with E-state index in [2.05, 4.69) is 0 Å². The molecule has 1 rings (SSSR count). The molecule has 0 aliphatic rings. The summed E-state index contributed by atoms with van der Waals surface area (Å²) < 4.78 is 23.1. The van der Waals surface area contributed by atoms with Gasteiger partial charge in [0.2, 0.25) is 0 Å². The molecule has 0 aliphatic carbocycles. The first-order valence-corrected chi connectivity index (χ1v) is 7.00. The minimum atomic E-state index is -1.74. The van der Waals surface area contributed by atoms with Crippen LogP contribution in [0.3, 0.4) is 0 Å². The third kappa shape index (κ3) is 3.60. The molecule has 4 nitrogen and oxygen atoms in total. The van der Waals surface area contributed by atoms with Gasteiger partial charge in [-0.2, -0.15) is 0 Å². The zero-order valence-electron chi connectivity index (χ0n) is 12.6. The molecular weight excluding hydrogens is 275 g/mol. The molecule has 0 N–H and O–H groups in total. The third-order valence-electron chi connectivity index (χ3n) is 3.23. The molecule has 0 bridgehead atoms. The fourth-order valence-corrected chi connectivity index (χ4v) is 2.23. The number of hydrogen-bond acceptors (Lipinski definition) is 4. The Morgan fingerprint density at radius 3 is 2.14 bits per heavy atom. The van der Waals surface area contributed by atoms with Gasteiger partial charge >= 0.3 is 11.9 Å². The number of rotatable bonds is 7. The van der Waals surface area contributed by atoms with Crippen LogP contribution in [-0.2, 0) is 24.5 Å². The lowest BCUT2D eigenvalue weighted by Gasteiger charge is -2.29. The summed E-state index contributed by atoms with van der Waals surface area (Å²) in [6.45, 7) is 4.50. The number of esters is 2. The predicted molar refractivity (Wildman–Crippen MR) is 76.7 cm³/mol. The van der Waals surface area contributed by atoms with Gasteiger partial charge in [-0.05, 0) is 26.3 Å². The largest absolute Gasteiger partial charge is 0.465 e. The van der Waals surface area contributed by atoms with E-state index in [1.54, 1.807) is 32.0 Å². The van der Waals surface area contributed by atoms with Crippen LogP contribution >= 0.6 is 0 Å². The Kier molecular flexibility index (Phi) is 6.34. The monoisotopic (exact) mass is 296 g/mol. The maximum Gasteiger partial charge on any atom is 0.328 e. The highest BCUT2D eigenvalue weighted by atomic mass is 19.1. The van der Waals surface area contributed by atoms with Gasteiger partial charge in [-0.3, -0.25) is 14.0 Å². The van der Waals surface area contributed by atoms with E-state index in [9.17, 15) is 14.0 Å². The van der Waals surface area contributed by atoms with E-state index in [-0.39, 0.29) is 19.6 Å². The Labute approximate surface area is 124 Å². The number of aryl methyl sites for hydroxylation is 1. The normalized spacial score (nSPS) is 11.0. The average molecular weight is 296 g/mol. The second kappa shape index (κ2) is 7.76. The Morgan fingerprint density at radius 2 is 1.71 bits per heavy atom. The van der Waals surface area contributed by atoms with E-state index in [1.807, 2.05) is 13.0 Å². The zero-order chi connectivity index (χ0) is 15.9. The minimum absolute atomic E-state index is 0.109. The van der Waals surface area contributed by atoms with Gasteiger partial charge in [-0.15, -0.1) is 0 Å². The zero-order valence-corrected chi connectivity index (χ0v) is 12.6. The Bertz CT molecular complexity index is 481. The molecule has 0 fully saturated rings. The summed E-state index contributed by atoms with van der Waals surface area (Å²) in [6.07, 6.45) is -0.298. The molecule has 1 aromatic rings. The van der Waals surface area contributed by atoms with Crippen molar-refractivity contribution in [1.29, 1.82) is 0 Å². The highest BCUT2D eigenvalue weighted by molar-refractivity contribution is 6.06. The van der Waals surface area contributed by atoms with Crippen molar-refractivity contribution < 1.29 is 23.5 Å². The third-order valence-corrected chi connectivity index (χ3v) is 3.23. The van der Waals surface area contributed by atoms with Gasteiger partial charge in [-0.1, -0.05) is 29.8 Å². The molecule has 5 heteroatoms. The molecule has 0 spiro atoms. The maximum atomic E-state index is 13.1. The Balaban J connectivity index is 3.42. The van der Waals surface area contributed by atoms with Crippen LogP contribution in [0.5, 0.6) is 0 Å². The number of benzene rings is 1. The van der Waals surface area contributed by atoms with Gasteiger partial charge in [-0.25, -0.2) is 0 Å². The predicted octanol–water partition coefficient (Wildman–Crippen LogP) is 2.72. The summed E-state index contributed by atoms with van der Waals surface area (Å²) in [5.41, 5.74) is -0.478. The molecule has 0 heterocycles. The highest BCUT2D eigenvalue weighted by Gasteiger charge is 2.50.